The summed E-state index contributed by atoms with van der Waals surface area (Å²) >= 11 is 1.22. The lowest BCUT2D eigenvalue weighted by atomic mass is 10.2. The predicted molar refractivity (Wildman–Crippen MR) is 70.0 cm³/mol. The molecule has 18 heavy (non-hydrogen) atoms. The fourth-order valence-electron chi connectivity index (χ4n) is 1.82. The second kappa shape index (κ2) is 6.08. The molecule has 1 aliphatic rings. The molecule has 1 N–H and O–H groups in total. The van der Waals surface area contributed by atoms with Gasteiger partial charge in [0.05, 0.1) is 19.3 Å². The van der Waals surface area contributed by atoms with Crippen LogP contribution in [0, 0.1) is 0 Å². The number of carboxylic acid groups (broad SMARTS) is 1. The topological polar surface area (TPSA) is 53.0 Å². The van der Waals surface area contributed by atoms with Gasteiger partial charge in [-0.1, -0.05) is 30.3 Å². The van der Waals surface area contributed by atoms with Crippen molar-refractivity contribution < 1.29 is 14.6 Å². The maximum atomic E-state index is 11.0. The summed E-state index contributed by atoms with van der Waals surface area (Å²) < 4.78 is 8.82. The smallest absolute Gasteiger partial charge is 0.418 e. The fourth-order valence-corrected chi connectivity index (χ4v) is 2.69. The standard InChI is InChI=1S/C12H16N2O3S/c1-13-7-11(14(18-13)12(15)16)9-17-8-10-5-3-2-4-6-10/h2-6,11H,7-9H2,1H3,(H,15,16). The number of benzene rings is 1. The lowest BCUT2D eigenvalue weighted by Gasteiger charge is -2.18. The van der Waals surface area contributed by atoms with Crippen molar-refractivity contribution in [3.63, 3.8) is 0 Å². The third-order valence-electron chi connectivity index (χ3n) is 2.64. The van der Waals surface area contributed by atoms with Crippen LogP contribution in [0.25, 0.3) is 0 Å². The van der Waals surface area contributed by atoms with Crippen LogP contribution in [0.2, 0.25) is 0 Å². The van der Waals surface area contributed by atoms with E-state index in [0.29, 0.717) is 19.8 Å². The molecule has 2 rings (SSSR count). The zero-order valence-electron chi connectivity index (χ0n) is 10.2. The van der Waals surface area contributed by atoms with Gasteiger partial charge in [-0.25, -0.2) is 13.4 Å². The highest BCUT2D eigenvalue weighted by atomic mass is 32.2. The average molecular weight is 268 g/mol. The molecular formula is C12H16N2O3S. The van der Waals surface area contributed by atoms with E-state index in [-0.39, 0.29) is 6.04 Å². The summed E-state index contributed by atoms with van der Waals surface area (Å²) in [6, 6.07) is 9.75. The molecule has 1 fully saturated rings. The van der Waals surface area contributed by atoms with Crippen molar-refractivity contribution in [2.24, 2.45) is 0 Å². The maximum absolute atomic E-state index is 11.0. The minimum Gasteiger partial charge on any atom is -0.464 e. The Hall–Kier alpha value is -1.24. The Morgan fingerprint density at radius 3 is 2.89 bits per heavy atom. The van der Waals surface area contributed by atoms with Gasteiger partial charge in [-0.05, 0) is 12.6 Å². The fraction of sp³-hybridized carbons (Fsp3) is 0.417. The van der Waals surface area contributed by atoms with E-state index in [1.165, 1.54) is 16.4 Å². The lowest BCUT2D eigenvalue weighted by molar-refractivity contribution is 0.0800. The molecule has 0 aliphatic carbocycles. The molecule has 6 heteroatoms. The Kier molecular flexibility index (Phi) is 4.46. The summed E-state index contributed by atoms with van der Waals surface area (Å²) in [4.78, 5) is 11.0. The van der Waals surface area contributed by atoms with Crippen LogP contribution in [0.5, 0.6) is 0 Å². The highest BCUT2D eigenvalue weighted by Crippen LogP contribution is 2.27. The number of hydrogen-bond acceptors (Lipinski definition) is 4. The summed E-state index contributed by atoms with van der Waals surface area (Å²) in [6.07, 6.45) is -0.919. The Labute approximate surface area is 111 Å². The van der Waals surface area contributed by atoms with E-state index < -0.39 is 6.09 Å². The first kappa shape index (κ1) is 13.2. The van der Waals surface area contributed by atoms with E-state index >= 15 is 0 Å². The Balaban J connectivity index is 1.81. The van der Waals surface area contributed by atoms with Gasteiger partial charge in [-0.3, -0.25) is 0 Å². The minimum atomic E-state index is -0.919. The van der Waals surface area contributed by atoms with E-state index in [1.54, 1.807) is 0 Å². The number of hydrogen-bond donors (Lipinski definition) is 1. The van der Waals surface area contributed by atoms with Crippen LogP contribution in [0.1, 0.15) is 5.56 Å². The maximum Gasteiger partial charge on any atom is 0.418 e. The van der Waals surface area contributed by atoms with Crippen molar-refractivity contribution >= 4 is 18.2 Å². The number of nitrogens with zero attached hydrogens (tertiary/aromatic N) is 2. The van der Waals surface area contributed by atoms with E-state index in [9.17, 15) is 4.79 Å². The van der Waals surface area contributed by atoms with Gasteiger partial charge in [0.15, 0.2) is 0 Å². The molecule has 1 aromatic carbocycles. The van der Waals surface area contributed by atoms with Gasteiger partial charge in [-0.15, -0.1) is 0 Å². The molecule has 1 unspecified atom stereocenters. The largest absolute Gasteiger partial charge is 0.464 e. The quantitative estimate of drug-likeness (QED) is 0.847. The molecule has 5 nitrogen and oxygen atoms in total. The van der Waals surface area contributed by atoms with E-state index in [0.717, 1.165) is 5.56 Å². The van der Waals surface area contributed by atoms with E-state index in [2.05, 4.69) is 0 Å². The van der Waals surface area contributed by atoms with E-state index in [4.69, 9.17) is 9.84 Å². The average Bonchev–Trinajstić information content (AvgIpc) is 2.72. The molecule has 1 amide bonds. The molecular weight excluding hydrogens is 252 g/mol. The summed E-state index contributed by atoms with van der Waals surface area (Å²) in [5, 5.41) is 9.04. The number of rotatable bonds is 4. The van der Waals surface area contributed by atoms with Gasteiger partial charge < -0.3 is 9.84 Å². The normalized spacial score (nSPS) is 20.3. The van der Waals surface area contributed by atoms with Crippen molar-refractivity contribution in [3.8, 4) is 0 Å². The minimum absolute atomic E-state index is 0.110. The second-order valence-corrected chi connectivity index (χ2v) is 5.34. The van der Waals surface area contributed by atoms with Gasteiger partial charge in [0.25, 0.3) is 0 Å². The molecule has 98 valence electrons. The second-order valence-electron chi connectivity index (χ2n) is 4.16. The molecule has 1 aromatic rings. The van der Waals surface area contributed by atoms with Crippen LogP contribution < -0.4 is 0 Å². The molecule has 0 bridgehead atoms. The Morgan fingerprint density at radius 2 is 2.22 bits per heavy atom. The van der Waals surface area contributed by atoms with Crippen LogP contribution in [-0.2, 0) is 11.3 Å². The predicted octanol–water partition coefficient (Wildman–Crippen LogP) is 2.06. The highest BCUT2D eigenvalue weighted by Gasteiger charge is 2.33. The van der Waals surface area contributed by atoms with Gasteiger partial charge in [-0.2, -0.15) is 0 Å². The van der Waals surface area contributed by atoms with Gasteiger partial charge >= 0.3 is 6.09 Å². The lowest BCUT2D eigenvalue weighted by Crippen LogP contribution is -2.35. The third kappa shape index (κ3) is 3.38. The van der Waals surface area contributed by atoms with Crippen molar-refractivity contribution in [2.45, 2.75) is 12.6 Å². The summed E-state index contributed by atoms with van der Waals surface area (Å²) in [6.45, 7) is 1.61. The molecule has 1 saturated heterocycles. The summed E-state index contributed by atoms with van der Waals surface area (Å²) in [7, 11) is 1.87. The third-order valence-corrected chi connectivity index (χ3v) is 3.70. The molecule has 1 atom stereocenters. The molecule has 1 heterocycles. The van der Waals surface area contributed by atoms with Crippen LogP contribution in [0.3, 0.4) is 0 Å². The number of amides is 1. The molecule has 0 saturated carbocycles. The molecule has 0 aromatic heterocycles. The summed E-state index contributed by atoms with van der Waals surface area (Å²) in [5.41, 5.74) is 1.10. The molecule has 1 aliphatic heterocycles. The van der Waals surface area contributed by atoms with Crippen molar-refractivity contribution in [3.05, 3.63) is 35.9 Å². The summed E-state index contributed by atoms with van der Waals surface area (Å²) in [5.74, 6) is 0. The van der Waals surface area contributed by atoms with Crippen LogP contribution in [0.15, 0.2) is 30.3 Å². The first-order valence-corrected chi connectivity index (χ1v) is 6.43. The molecule has 0 spiro atoms. The zero-order chi connectivity index (χ0) is 13.0. The number of likely N-dealkylation sites (N-methyl/N-ethyl adjacent to an activating group) is 1. The van der Waals surface area contributed by atoms with Crippen LogP contribution >= 0.6 is 12.1 Å². The van der Waals surface area contributed by atoms with Crippen molar-refractivity contribution in [2.75, 3.05) is 20.2 Å². The van der Waals surface area contributed by atoms with Gasteiger partial charge in [0.1, 0.15) is 0 Å². The van der Waals surface area contributed by atoms with Gasteiger partial charge in [0, 0.05) is 18.7 Å². The molecule has 0 radical (unpaired) electrons. The number of ether oxygens (including phenoxy) is 1. The monoisotopic (exact) mass is 268 g/mol. The van der Waals surface area contributed by atoms with Crippen LogP contribution in [-0.4, -0.2) is 46.1 Å². The van der Waals surface area contributed by atoms with Crippen molar-refractivity contribution in [1.82, 2.24) is 8.61 Å². The van der Waals surface area contributed by atoms with Crippen LogP contribution in [0.4, 0.5) is 4.79 Å². The SMILES string of the molecule is CN1CC(COCc2ccccc2)N(C(=O)O)S1. The highest BCUT2D eigenvalue weighted by molar-refractivity contribution is 7.95. The Bertz CT molecular complexity index is 402. The van der Waals surface area contributed by atoms with E-state index in [1.807, 2.05) is 41.7 Å². The Morgan fingerprint density at radius 1 is 1.50 bits per heavy atom. The first-order chi connectivity index (χ1) is 8.66. The zero-order valence-corrected chi connectivity index (χ0v) is 11.0. The first-order valence-electron chi connectivity index (χ1n) is 5.70. The van der Waals surface area contributed by atoms with Crippen molar-refractivity contribution in [1.29, 1.82) is 0 Å². The number of carbonyl (C=O) groups is 1. The van der Waals surface area contributed by atoms with Gasteiger partial charge in [0.2, 0.25) is 0 Å².